The molecule has 2 amide bonds. The lowest BCUT2D eigenvalue weighted by Gasteiger charge is -2.10. The van der Waals surface area contributed by atoms with E-state index in [0.29, 0.717) is 6.54 Å². The van der Waals surface area contributed by atoms with Crippen LogP contribution in [0.5, 0.6) is 0 Å². The van der Waals surface area contributed by atoms with Crippen molar-refractivity contribution < 1.29 is 4.79 Å². The summed E-state index contributed by atoms with van der Waals surface area (Å²) >= 11 is 1.69. The number of nitrogens with zero attached hydrogens (tertiary/aromatic N) is 2. The average Bonchev–Trinajstić information content (AvgIpc) is 2.66. The summed E-state index contributed by atoms with van der Waals surface area (Å²) in [7, 11) is 1.59. The summed E-state index contributed by atoms with van der Waals surface area (Å²) in [6, 6.07) is 13.6. The zero-order valence-corrected chi connectivity index (χ0v) is 14.9. The van der Waals surface area contributed by atoms with Crippen molar-refractivity contribution >= 4 is 40.2 Å². The van der Waals surface area contributed by atoms with Crippen molar-refractivity contribution in [2.75, 3.05) is 23.9 Å². The van der Waals surface area contributed by atoms with Crippen molar-refractivity contribution in [1.82, 2.24) is 15.3 Å². The van der Waals surface area contributed by atoms with Crippen molar-refractivity contribution in [2.24, 2.45) is 0 Å². The number of benzene rings is 2. The van der Waals surface area contributed by atoms with Crippen LogP contribution in [0.25, 0.3) is 10.9 Å². The molecular weight excluding hydrogens is 334 g/mol. The van der Waals surface area contributed by atoms with E-state index in [-0.39, 0.29) is 6.03 Å². The fraction of sp³-hybridized carbons (Fsp3) is 0.167. The van der Waals surface area contributed by atoms with Gasteiger partial charge in [-0.25, -0.2) is 14.8 Å². The molecule has 0 aliphatic heterocycles. The predicted molar refractivity (Wildman–Crippen MR) is 103 cm³/mol. The second kappa shape index (κ2) is 7.85. The first-order valence-corrected chi connectivity index (χ1v) is 9.02. The van der Waals surface area contributed by atoms with Gasteiger partial charge in [0.15, 0.2) is 0 Å². The van der Waals surface area contributed by atoms with Crippen LogP contribution in [0.2, 0.25) is 0 Å². The fourth-order valence-corrected chi connectivity index (χ4v) is 2.83. The lowest BCUT2D eigenvalue weighted by molar-refractivity contribution is 0.254. The summed E-state index contributed by atoms with van der Waals surface area (Å²) in [6.07, 6.45) is 3.62. The molecule has 3 N–H and O–H groups in total. The van der Waals surface area contributed by atoms with Gasteiger partial charge in [-0.1, -0.05) is 12.1 Å². The second-order valence-electron chi connectivity index (χ2n) is 5.36. The van der Waals surface area contributed by atoms with Crippen LogP contribution in [-0.4, -0.2) is 29.3 Å². The van der Waals surface area contributed by atoms with Gasteiger partial charge in [-0.05, 0) is 42.2 Å². The van der Waals surface area contributed by atoms with Gasteiger partial charge in [0.1, 0.15) is 12.1 Å². The van der Waals surface area contributed by atoms with E-state index in [9.17, 15) is 4.79 Å². The van der Waals surface area contributed by atoms with Gasteiger partial charge in [-0.3, -0.25) is 0 Å². The first kappa shape index (κ1) is 17.0. The van der Waals surface area contributed by atoms with Crippen molar-refractivity contribution in [3.63, 3.8) is 0 Å². The molecule has 0 spiro atoms. The number of rotatable bonds is 5. The Kier molecular flexibility index (Phi) is 5.35. The fourth-order valence-electron chi connectivity index (χ4n) is 2.39. The highest BCUT2D eigenvalue weighted by Crippen LogP contribution is 2.25. The van der Waals surface area contributed by atoms with Gasteiger partial charge in [0.05, 0.1) is 5.52 Å². The van der Waals surface area contributed by atoms with Gasteiger partial charge in [0, 0.05) is 29.6 Å². The SMILES string of the molecule is CNC(=O)Nc1ccc(CNc2ncnc3ccc(SC)cc23)cc1. The molecule has 128 valence electrons. The summed E-state index contributed by atoms with van der Waals surface area (Å²) in [5.41, 5.74) is 2.76. The molecule has 2 aromatic carbocycles. The van der Waals surface area contributed by atoms with Crippen molar-refractivity contribution in [2.45, 2.75) is 11.4 Å². The largest absolute Gasteiger partial charge is 0.365 e. The maximum absolute atomic E-state index is 11.3. The van der Waals surface area contributed by atoms with E-state index in [0.717, 1.165) is 28.0 Å². The Morgan fingerprint density at radius 2 is 1.92 bits per heavy atom. The number of nitrogens with one attached hydrogen (secondary N) is 3. The lowest BCUT2D eigenvalue weighted by Crippen LogP contribution is -2.24. The maximum Gasteiger partial charge on any atom is 0.318 e. The van der Waals surface area contributed by atoms with Gasteiger partial charge in [0.2, 0.25) is 0 Å². The minimum Gasteiger partial charge on any atom is -0.365 e. The van der Waals surface area contributed by atoms with E-state index in [1.165, 1.54) is 4.90 Å². The molecule has 0 fully saturated rings. The van der Waals surface area contributed by atoms with Gasteiger partial charge >= 0.3 is 6.03 Å². The molecule has 3 rings (SSSR count). The van der Waals surface area contributed by atoms with Gasteiger partial charge in [-0.2, -0.15) is 0 Å². The topological polar surface area (TPSA) is 78.9 Å². The monoisotopic (exact) mass is 353 g/mol. The number of hydrogen-bond donors (Lipinski definition) is 3. The minimum atomic E-state index is -0.233. The van der Waals surface area contributed by atoms with Crippen molar-refractivity contribution in [3.05, 3.63) is 54.4 Å². The highest BCUT2D eigenvalue weighted by Gasteiger charge is 2.05. The van der Waals surface area contributed by atoms with Crippen molar-refractivity contribution in [3.8, 4) is 0 Å². The molecule has 25 heavy (non-hydrogen) atoms. The number of hydrogen-bond acceptors (Lipinski definition) is 5. The number of carbonyl (C=O) groups is 1. The summed E-state index contributed by atoms with van der Waals surface area (Å²) in [5, 5.41) is 9.63. The Balaban J connectivity index is 1.73. The first-order chi connectivity index (χ1) is 12.2. The molecule has 0 bridgehead atoms. The third-order valence-electron chi connectivity index (χ3n) is 3.74. The number of fused-ring (bicyclic) bond motifs is 1. The highest BCUT2D eigenvalue weighted by molar-refractivity contribution is 7.98. The molecular formula is C18H19N5OS. The number of urea groups is 1. The van der Waals surface area contributed by atoms with E-state index < -0.39 is 0 Å². The number of anilines is 2. The first-order valence-electron chi connectivity index (χ1n) is 7.80. The summed E-state index contributed by atoms with van der Waals surface area (Å²) in [6.45, 7) is 0.635. The van der Waals surface area contributed by atoms with Crippen LogP contribution in [0.1, 0.15) is 5.56 Å². The van der Waals surface area contributed by atoms with Crippen LogP contribution >= 0.6 is 11.8 Å². The minimum absolute atomic E-state index is 0.233. The van der Waals surface area contributed by atoms with Crippen LogP contribution in [0.4, 0.5) is 16.3 Å². The molecule has 6 nitrogen and oxygen atoms in total. The van der Waals surface area contributed by atoms with Gasteiger partial charge in [-0.15, -0.1) is 11.8 Å². The van der Waals surface area contributed by atoms with Crippen molar-refractivity contribution in [1.29, 1.82) is 0 Å². The number of amides is 2. The molecule has 0 unspecified atom stereocenters. The Labute approximate surface area is 150 Å². The lowest BCUT2D eigenvalue weighted by atomic mass is 10.2. The van der Waals surface area contributed by atoms with Gasteiger partial charge in [0.25, 0.3) is 0 Å². The van der Waals surface area contributed by atoms with Crippen LogP contribution in [0.15, 0.2) is 53.7 Å². The number of thioether (sulfide) groups is 1. The maximum atomic E-state index is 11.3. The molecule has 0 saturated carbocycles. The van der Waals surface area contributed by atoms with Crippen LogP contribution < -0.4 is 16.0 Å². The molecule has 1 aromatic heterocycles. The predicted octanol–water partition coefficient (Wildman–Crippen LogP) is 3.72. The smallest absolute Gasteiger partial charge is 0.318 e. The van der Waals surface area contributed by atoms with Gasteiger partial charge < -0.3 is 16.0 Å². The molecule has 0 atom stereocenters. The third-order valence-corrected chi connectivity index (χ3v) is 4.47. The standard InChI is InChI=1S/C18H19N5OS/c1-19-18(24)23-13-5-3-12(4-6-13)10-20-17-15-9-14(25-2)7-8-16(15)21-11-22-17/h3-9,11H,10H2,1-2H3,(H2,19,23,24)(H,20,21,22). The molecule has 3 aromatic rings. The zero-order chi connectivity index (χ0) is 17.6. The third kappa shape index (κ3) is 4.19. The highest BCUT2D eigenvalue weighted by atomic mass is 32.2. The molecule has 0 aliphatic carbocycles. The Bertz CT molecular complexity index is 882. The van der Waals surface area contributed by atoms with E-state index in [4.69, 9.17) is 0 Å². The normalized spacial score (nSPS) is 10.5. The summed E-state index contributed by atoms with van der Waals surface area (Å²) in [5.74, 6) is 0.813. The van der Waals surface area contributed by atoms with E-state index in [1.54, 1.807) is 25.1 Å². The number of aromatic nitrogens is 2. The quantitative estimate of drug-likeness (QED) is 0.609. The Morgan fingerprint density at radius 3 is 2.64 bits per heavy atom. The molecule has 1 heterocycles. The van der Waals surface area contributed by atoms with E-state index in [1.807, 2.05) is 36.6 Å². The number of carbonyl (C=O) groups excluding carboxylic acids is 1. The Morgan fingerprint density at radius 1 is 1.12 bits per heavy atom. The van der Waals surface area contributed by atoms with E-state index >= 15 is 0 Å². The van der Waals surface area contributed by atoms with Crippen LogP contribution in [-0.2, 0) is 6.54 Å². The molecule has 0 aliphatic rings. The van der Waals surface area contributed by atoms with E-state index in [2.05, 4.69) is 38.1 Å². The zero-order valence-electron chi connectivity index (χ0n) is 14.0. The summed E-state index contributed by atoms with van der Waals surface area (Å²) < 4.78 is 0. The van der Waals surface area contributed by atoms with Crippen LogP contribution in [0, 0.1) is 0 Å². The van der Waals surface area contributed by atoms with Crippen LogP contribution in [0.3, 0.4) is 0 Å². The second-order valence-corrected chi connectivity index (χ2v) is 6.24. The molecule has 7 heteroatoms. The molecule has 0 saturated heterocycles. The average molecular weight is 353 g/mol. The summed E-state index contributed by atoms with van der Waals surface area (Å²) in [4.78, 5) is 21.2. The molecule has 0 radical (unpaired) electrons. The Hall–Kier alpha value is -2.80.